The number of aryl methyl sites for hydroxylation is 1. The first kappa shape index (κ1) is 24.2. The van der Waals surface area contributed by atoms with Crippen LogP contribution >= 0.6 is 11.3 Å². The van der Waals surface area contributed by atoms with Crippen LogP contribution in [0.25, 0.3) is 22.2 Å². The molecule has 1 amide bonds. The summed E-state index contributed by atoms with van der Waals surface area (Å²) < 4.78 is 15.8. The number of aromatic nitrogens is 1. The summed E-state index contributed by atoms with van der Waals surface area (Å²) in [6.07, 6.45) is 0.657. The Labute approximate surface area is 207 Å². The van der Waals surface area contributed by atoms with E-state index in [-0.39, 0.29) is 5.91 Å². The second kappa shape index (κ2) is 10.1. The van der Waals surface area contributed by atoms with Crippen LogP contribution in [0.2, 0.25) is 0 Å². The topological polar surface area (TPSA) is 86.8 Å². The summed E-state index contributed by atoms with van der Waals surface area (Å²) in [5.41, 5.74) is 3.79. The molecule has 0 aliphatic heterocycles. The summed E-state index contributed by atoms with van der Waals surface area (Å²) in [4.78, 5) is 31.8. The number of pyridine rings is 1. The SMILES string of the molecule is CCc1c(C)sc(NC(=O)c2cc(-c3ccc(OC)c(OC)c3)nc3ccccc23)c1C(=O)OC. The maximum absolute atomic E-state index is 13.6. The molecule has 1 N–H and O–H groups in total. The number of nitrogens with one attached hydrogen (secondary N) is 1. The summed E-state index contributed by atoms with van der Waals surface area (Å²) in [6.45, 7) is 3.90. The van der Waals surface area contributed by atoms with E-state index in [4.69, 9.17) is 19.2 Å². The van der Waals surface area contributed by atoms with Gasteiger partial charge in [-0.05, 0) is 49.2 Å². The fraction of sp³-hybridized carbons (Fsp3) is 0.222. The van der Waals surface area contributed by atoms with Crippen LogP contribution in [0.4, 0.5) is 5.00 Å². The largest absolute Gasteiger partial charge is 0.493 e. The van der Waals surface area contributed by atoms with Gasteiger partial charge in [-0.2, -0.15) is 0 Å². The van der Waals surface area contributed by atoms with Gasteiger partial charge in [0.2, 0.25) is 0 Å². The third-order valence-corrected chi connectivity index (χ3v) is 6.88. The minimum Gasteiger partial charge on any atom is -0.493 e. The van der Waals surface area contributed by atoms with Gasteiger partial charge in [-0.25, -0.2) is 9.78 Å². The number of carbonyl (C=O) groups is 2. The van der Waals surface area contributed by atoms with Crippen molar-refractivity contribution in [1.82, 2.24) is 4.98 Å². The lowest BCUT2D eigenvalue weighted by Gasteiger charge is -2.13. The Kier molecular flexibility index (Phi) is 7.02. The Morgan fingerprint density at radius 1 is 1.00 bits per heavy atom. The van der Waals surface area contributed by atoms with E-state index >= 15 is 0 Å². The number of anilines is 1. The lowest BCUT2D eigenvalue weighted by Crippen LogP contribution is -2.15. The molecule has 4 aromatic rings. The molecule has 0 saturated carbocycles. The van der Waals surface area contributed by atoms with E-state index in [1.807, 2.05) is 50.2 Å². The van der Waals surface area contributed by atoms with Crippen molar-refractivity contribution in [1.29, 1.82) is 0 Å². The smallest absolute Gasteiger partial charge is 0.341 e. The van der Waals surface area contributed by atoms with Crippen LogP contribution in [0, 0.1) is 6.92 Å². The van der Waals surface area contributed by atoms with E-state index in [0.29, 0.717) is 50.6 Å². The zero-order valence-electron chi connectivity index (χ0n) is 20.2. The van der Waals surface area contributed by atoms with E-state index in [2.05, 4.69) is 5.32 Å². The van der Waals surface area contributed by atoms with E-state index in [1.54, 1.807) is 26.4 Å². The highest BCUT2D eigenvalue weighted by Crippen LogP contribution is 2.36. The van der Waals surface area contributed by atoms with Crippen LogP contribution in [-0.2, 0) is 11.2 Å². The van der Waals surface area contributed by atoms with E-state index in [0.717, 1.165) is 16.0 Å². The van der Waals surface area contributed by atoms with E-state index in [1.165, 1.54) is 18.4 Å². The first-order chi connectivity index (χ1) is 16.9. The third kappa shape index (κ3) is 4.57. The van der Waals surface area contributed by atoms with Crippen molar-refractivity contribution in [2.45, 2.75) is 20.3 Å². The molecule has 0 saturated heterocycles. The minimum atomic E-state index is -0.466. The number of ether oxygens (including phenoxy) is 3. The quantitative estimate of drug-likeness (QED) is 0.325. The second-order valence-electron chi connectivity index (χ2n) is 7.78. The molecule has 2 aromatic carbocycles. The molecule has 0 fully saturated rings. The summed E-state index contributed by atoms with van der Waals surface area (Å²) in [7, 11) is 4.49. The minimum absolute atomic E-state index is 0.334. The van der Waals surface area contributed by atoms with Crippen molar-refractivity contribution in [3.8, 4) is 22.8 Å². The summed E-state index contributed by atoms with van der Waals surface area (Å²) >= 11 is 1.37. The van der Waals surface area contributed by atoms with Gasteiger partial charge >= 0.3 is 5.97 Å². The Balaban J connectivity index is 1.82. The van der Waals surface area contributed by atoms with Crippen molar-refractivity contribution >= 4 is 39.1 Å². The number of methoxy groups -OCH3 is 3. The number of rotatable bonds is 7. The molecule has 0 aliphatic rings. The lowest BCUT2D eigenvalue weighted by molar-refractivity contribution is 0.0601. The summed E-state index contributed by atoms with van der Waals surface area (Å²) in [5, 5.41) is 4.14. The monoisotopic (exact) mass is 490 g/mol. The van der Waals surface area contributed by atoms with Crippen molar-refractivity contribution in [3.63, 3.8) is 0 Å². The van der Waals surface area contributed by atoms with Crippen molar-refractivity contribution in [3.05, 3.63) is 70.1 Å². The van der Waals surface area contributed by atoms with Crippen molar-refractivity contribution in [2.24, 2.45) is 0 Å². The van der Waals surface area contributed by atoms with Crippen LogP contribution in [0.3, 0.4) is 0 Å². The molecule has 0 bridgehead atoms. The molecule has 4 rings (SSSR count). The van der Waals surface area contributed by atoms with Gasteiger partial charge in [0.25, 0.3) is 5.91 Å². The summed E-state index contributed by atoms with van der Waals surface area (Å²) in [5.74, 6) is 0.367. The Morgan fingerprint density at radius 2 is 1.74 bits per heavy atom. The zero-order valence-corrected chi connectivity index (χ0v) is 21.0. The average Bonchev–Trinajstić information content (AvgIpc) is 3.21. The first-order valence-corrected chi connectivity index (χ1v) is 11.9. The van der Waals surface area contributed by atoms with Gasteiger partial charge in [0.15, 0.2) is 11.5 Å². The second-order valence-corrected chi connectivity index (χ2v) is 9.01. The van der Waals surface area contributed by atoms with Gasteiger partial charge in [-0.1, -0.05) is 25.1 Å². The molecule has 180 valence electrons. The fourth-order valence-electron chi connectivity index (χ4n) is 4.09. The highest BCUT2D eigenvalue weighted by atomic mass is 32.1. The first-order valence-electron chi connectivity index (χ1n) is 11.1. The maximum atomic E-state index is 13.6. The number of hydrogen-bond acceptors (Lipinski definition) is 7. The number of thiophene rings is 1. The number of amides is 1. The van der Waals surface area contributed by atoms with Crippen LogP contribution in [0.1, 0.15) is 38.1 Å². The van der Waals surface area contributed by atoms with E-state index < -0.39 is 5.97 Å². The Bertz CT molecular complexity index is 1430. The molecule has 7 nitrogen and oxygen atoms in total. The standard InChI is InChI=1S/C27H26N2O5S/c1-6-17-15(2)35-26(24(17)27(31)34-5)29-25(30)19-14-21(28-20-10-8-7-9-18(19)20)16-11-12-22(32-3)23(13-16)33-4/h7-14H,6H2,1-5H3,(H,29,30). The lowest BCUT2D eigenvalue weighted by atomic mass is 10.0. The summed E-state index contributed by atoms with van der Waals surface area (Å²) in [6, 6.07) is 14.7. The van der Waals surface area contributed by atoms with Crippen LogP contribution in [0.15, 0.2) is 48.5 Å². The number of esters is 1. The van der Waals surface area contributed by atoms with Gasteiger partial charge in [-0.15, -0.1) is 11.3 Å². The van der Waals surface area contributed by atoms with Gasteiger partial charge in [0.05, 0.1) is 43.7 Å². The molecule has 0 unspecified atom stereocenters. The number of fused-ring (bicyclic) bond motifs is 1. The predicted octanol–water partition coefficient (Wildman–Crippen LogP) is 5.89. The molecule has 2 heterocycles. The van der Waals surface area contributed by atoms with Gasteiger partial charge < -0.3 is 19.5 Å². The highest BCUT2D eigenvalue weighted by molar-refractivity contribution is 7.16. The number of para-hydroxylation sites is 1. The number of benzene rings is 2. The molecular formula is C27H26N2O5S. The van der Waals surface area contributed by atoms with Crippen LogP contribution < -0.4 is 14.8 Å². The number of hydrogen-bond donors (Lipinski definition) is 1. The molecule has 2 aromatic heterocycles. The third-order valence-electron chi connectivity index (χ3n) is 5.82. The average molecular weight is 491 g/mol. The highest BCUT2D eigenvalue weighted by Gasteiger charge is 2.24. The molecule has 0 aliphatic carbocycles. The normalized spacial score (nSPS) is 10.8. The molecule has 0 atom stereocenters. The molecule has 0 radical (unpaired) electrons. The maximum Gasteiger partial charge on any atom is 0.341 e. The van der Waals surface area contributed by atoms with Crippen molar-refractivity contribution in [2.75, 3.05) is 26.6 Å². The van der Waals surface area contributed by atoms with E-state index in [9.17, 15) is 9.59 Å². The number of carbonyl (C=O) groups excluding carboxylic acids is 2. The van der Waals surface area contributed by atoms with Gasteiger partial charge in [0.1, 0.15) is 5.00 Å². The molecule has 8 heteroatoms. The Morgan fingerprint density at radius 3 is 2.43 bits per heavy atom. The van der Waals surface area contributed by atoms with Crippen molar-refractivity contribution < 1.29 is 23.8 Å². The fourth-order valence-corrected chi connectivity index (χ4v) is 5.22. The van der Waals surface area contributed by atoms with Crippen LogP contribution in [-0.4, -0.2) is 38.2 Å². The Hall–Kier alpha value is -3.91. The van der Waals surface area contributed by atoms with Gasteiger partial charge in [-0.3, -0.25) is 4.79 Å². The van der Waals surface area contributed by atoms with Crippen LogP contribution in [0.5, 0.6) is 11.5 Å². The molecule has 35 heavy (non-hydrogen) atoms. The number of nitrogens with zero attached hydrogens (tertiary/aromatic N) is 1. The van der Waals surface area contributed by atoms with Gasteiger partial charge in [0, 0.05) is 15.8 Å². The molecular weight excluding hydrogens is 464 g/mol. The molecule has 0 spiro atoms. The zero-order chi connectivity index (χ0) is 25.1. The predicted molar refractivity (Wildman–Crippen MR) is 138 cm³/mol.